The van der Waals surface area contributed by atoms with Crippen LogP contribution in [0.5, 0.6) is 0 Å². The van der Waals surface area contributed by atoms with E-state index in [4.69, 9.17) is 9.72 Å². The molecule has 110 valence electrons. The maximum Gasteiger partial charge on any atom is 0.129 e. The molecule has 0 spiro atoms. The normalized spacial score (nSPS) is 25.8. The van der Waals surface area contributed by atoms with Gasteiger partial charge in [0.2, 0.25) is 0 Å². The van der Waals surface area contributed by atoms with Crippen LogP contribution in [-0.4, -0.2) is 35.4 Å². The first kappa shape index (κ1) is 13.8. The standard InChI is InChI=1S/C16H24N2O2/c1-2-4-13-9-12(11-19)10-16(17-13)18-7-8-20-15-6-3-5-14(15)18/h9-10,14-15,19H,2-8,11H2,1H3. The molecule has 2 unspecified atom stereocenters. The first-order valence-corrected chi connectivity index (χ1v) is 7.80. The summed E-state index contributed by atoms with van der Waals surface area (Å²) in [6.45, 7) is 3.95. The number of fused-ring (bicyclic) bond motifs is 1. The third kappa shape index (κ3) is 2.67. The predicted molar refractivity (Wildman–Crippen MR) is 78.9 cm³/mol. The van der Waals surface area contributed by atoms with Crippen LogP contribution in [0.15, 0.2) is 12.1 Å². The van der Waals surface area contributed by atoms with Gasteiger partial charge in [-0.1, -0.05) is 13.3 Å². The number of hydrogen-bond donors (Lipinski definition) is 1. The average molecular weight is 276 g/mol. The van der Waals surface area contributed by atoms with Gasteiger partial charge in [0.15, 0.2) is 0 Å². The highest BCUT2D eigenvalue weighted by Crippen LogP contribution is 2.32. The summed E-state index contributed by atoms with van der Waals surface area (Å²) in [5.74, 6) is 1.03. The number of rotatable bonds is 4. The highest BCUT2D eigenvalue weighted by Gasteiger charge is 2.36. The third-order valence-corrected chi connectivity index (χ3v) is 4.39. The molecular weight excluding hydrogens is 252 g/mol. The zero-order chi connectivity index (χ0) is 13.9. The summed E-state index contributed by atoms with van der Waals surface area (Å²) in [6.07, 6.45) is 6.03. The summed E-state index contributed by atoms with van der Waals surface area (Å²) < 4.78 is 5.87. The number of aryl methyl sites for hydroxylation is 1. The van der Waals surface area contributed by atoms with Crippen LogP contribution in [0.3, 0.4) is 0 Å². The second-order valence-electron chi connectivity index (χ2n) is 5.83. The van der Waals surface area contributed by atoms with Gasteiger partial charge < -0.3 is 14.7 Å². The fourth-order valence-corrected chi connectivity index (χ4v) is 3.47. The summed E-state index contributed by atoms with van der Waals surface area (Å²) in [7, 11) is 0. The Morgan fingerprint density at radius 3 is 3.10 bits per heavy atom. The smallest absolute Gasteiger partial charge is 0.129 e. The Kier molecular flexibility index (Phi) is 4.22. The number of morpholine rings is 1. The van der Waals surface area contributed by atoms with Crippen LogP contribution < -0.4 is 4.90 Å². The first-order chi connectivity index (χ1) is 9.81. The van der Waals surface area contributed by atoms with Crippen LogP contribution in [0, 0.1) is 0 Å². The van der Waals surface area contributed by atoms with Crippen molar-refractivity contribution in [2.45, 2.75) is 57.8 Å². The van der Waals surface area contributed by atoms with E-state index in [1.165, 1.54) is 19.3 Å². The highest BCUT2D eigenvalue weighted by atomic mass is 16.5. The van der Waals surface area contributed by atoms with Crippen molar-refractivity contribution in [2.75, 3.05) is 18.1 Å². The number of nitrogens with zero attached hydrogens (tertiary/aromatic N) is 2. The molecule has 2 fully saturated rings. The summed E-state index contributed by atoms with van der Waals surface area (Å²) in [5.41, 5.74) is 2.06. The molecule has 0 bridgehead atoms. The Morgan fingerprint density at radius 1 is 1.40 bits per heavy atom. The Hall–Kier alpha value is -1.13. The van der Waals surface area contributed by atoms with Crippen molar-refractivity contribution < 1.29 is 9.84 Å². The van der Waals surface area contributed by atoms with Crippen LogP contribution in [0.4, 0.5) is 5.82 Å². The van der Waals surface area contributed by atoms with E-state index in [0.29, 0.717) is 12.1 Å². The maximum absolute atomic E-state index is 9.47. The van der Waals surface area contributed by atoms with E-state index in [-0.39, 0.29) is 6.61 Å². The molecule has 1 aromatic heterocycles. The quantitative estimate of drug-likeness (QED) is 0.916. The number of anilines is 1. The number of ether oxygens (including phenoxy) is 1. The van der Waals surface area contributed by atoms with Gasteiger partial charge >= 0.3 is 0 Å². The summed E-state index contributed by atoms with van der Waals surface area (Å²) in [5, 5.41) is 9.47. The van der Waals surface area contributed by atoms with E-state index in [1.807, 2.05) is 12.1 Å². The van der Waals surface area contributed by atoms with E-state index in [1.54, 1.807) is 0 Å². The van der Waals surface area contributed by atoms with Gasteiger partial charge in [0, 0.05) is 12.2 Å². The minimum absolute atomic E-state index is 0.0880. The molecular formula is C16H24N2O2. The molecule has 2 heterocycles. The molecule has 1 saturated heterocycles. The van der Waals surface area contributed by atoms with Crippen molar-refractivity contribution in [3.05, 3.63) is 23.4 Å². The summed E-state index contributed by atoms with van der Waals surface area (Å²) in [4.78, 5) is 7.22. The van der Waals surface area contributed by atoms with Crippen molar-refractivity contribution in [1.82, 2.24) is 4.98 Å². The maximum atomic E-state index is 9.47. The minimum Gasteiger partial charge on any atom is -0.392 e. The van der Waals surface area contributed by atoms with Gasteiger partial charge in [0.25, 0.3) is 0 Å². The van der Waals surface area contributed by atoms with E-state index in [2.05, 4.69) is 11.8 Å². The molecule has 0 amide bonds. The van der Waals surface area contributed by atoms with Crippen molar-refractivity contribution in [3.8, 4) is 0 Å². The van der Waals surface area contributed by atoms with Crippen molar-refractivity contribution in [3.63, 3.8) is 0 Å². The fraction of sp³-hybridized carbons (Fsp3) is 0.688. The highest BCUT2D eigenvalue weighted by molar-refractivity contribution is 5.45. The lowest BCUT2D eigenvalue weighted by molar-refractivity contribution is 0.0253. The van der Waals surface area contributed by atoms with Crippen LogP contribution >= 0.6 is 0 Å². The van der Waals surface area contributed by atoms with E-state index in [9.17, 15) is 5.11 Å². The van der Waals surface area contributed by atoms with E-state index >= 15 is 0 Å². The van der Waals surface area contributed by atoms with Crippen LogP contribution in [0.1, 0.15) is 43.9 Å². The molecule has 1 N–H and O–H groups in total. The van der Waals surface area contributed by atoms with Crippen molar-refractivity contribution in [1.29, 1.82) is 0 Å². The van der Waals surface area contributed by atoms with Crippen LogP contribution in [0.25, 0.3) is 0 Å². The molecule has 4 heteroatoms. The molecule has 1 saturated carbocycles. The Bertz CT molecular complexity index is 464. The largest absolute Gasteiger partial charge is 0.392 e. The van der Waals surface area contributed by atoms with Gasteiger partial charge in [-0.25, -0.2) is 4.98 Å². The van der Waals surface area contributed by atoms with Gasteiger partial charge in [0.1, 0.15) is 5.82 Å². The third-order valence-electron chi connectivity index (χ3n) is 4.39. The zero-order valence-corrected chi connectivity index (χ0v) is 12.2. The molecule has 4 nitrogen and oxygen atoms in total. The summed E-state index contributed by atoms with van der Waals surface area (Å²) in [6, 6.07) is 4.54. The van der Waals surface area contributed by atoms with E-state index in [0.717, 1.165) is 43.1 Å². The molecule has 1 aliphatic carbocycles. The molecule has 3 rings (SSSR count). The second-order valence-corrected chi connectivity index (χ2v) is 5.83. The van der Waals surface area contributed by atoms with Crippen molar-refractivity contribution >= 4 is 5.82 Å². The lowest BCUT2D eigenvalue weighted by Crippen LogP contribution is -2.49. The number of aromatic nitrogens is 1. The van der Waals surface area contributed by atoms with Gasteiger partial charge in [-0.2, -0.15) is 0 Å². The number of aliphatic hydroxyl groups excluding tert-OH is 1. The van der Waals surface area contributed by atoms with Gasteiger partial charge in [-0.05, 0) is 43.4 Å². The van der Waals surface area contributed by atoms with Gasteiger partial charge in [0.05, 0.1) is 25.4 Å². The molecule has 0 radical (unpaired) electrons. The lowest BCUT2D eigenvalue weighted by Gasteiger charge is -2.38. The number of aliphatic hydroxyl groups is 1. The molecule has 2 aliphatic rings. The second kappa shape index (κ2) is 6.10. The van der Waals surface area contributed by atoms with E-state index < -0.39 is 0 Å². The Morgan fingerprint density at radius 2 is 2.30 bits per heavy atom. The SMILES string of the molecule is CCCc1cc(CO)cc(N2CCOC3CCCC32)n1. The molecule has 1 aliphatic heterocycles. The Balaban J connectivity index is 1.89. The van der Waals surface area contributed by atoms with Crippen LogP contribution in [-0.2, 0) is 17.8 Å². The first-order valence-electron chi connectivity index (χ1n) is 7.80. The number of hydrogen-bond acceptors (Lipinski definition) is 4. The Labute approximate surface area is 120 Å². The molecule has 0 aromatic carbocycles. The zero-order valence-electron chi connectivity index (χ0n) is 12.2. The predicted octanol–water partition coefficient (Wildman–Crippen LogP) is 2.28. The average Bonchev–Trinajstić information content (AvgIpc) is 2.95. The van der Waals surface area contributed by atoms with Crippen LogP contribution in [0.2, 0.25) is 0 Å². The van der Waals surface area contributed by atoms with Crippen molar-refractivity contribution in [2.24, 2.45) is 0 Å². The lowest BCUT2D eigenvalue weighted by atomic mass is 10.1. The summed E-state index contributed by atoms with van der Waals surface area (Å²) >= 11 is 0. The topological polar surface area (TPSA) is 45.6 Å². The van der Waals surface area contributed by atoms with Gasteiger partial charge in [-0.3, -0.25) is 0 Å². The van der Waals surface area contributed by atoms with Gasteiger partial charge in [-0.15, -0.1) is 0 Å². The molecule has 20 heavy (non-hydrogen) atoms. The molecule has 1 aromatic rings. The molecule has 2 atom stereocenters. The minimum atomic E-state index is 0.0880. The monoisotopic (exact) mass is 276 g/mol. The number of pyridine rings is 1. The fourth-order valence-electron chi connectivity index (χ4n) is 3.47.